The normalized spacial score (nSPS) is 9.25. The molecule has 0 heteroatoms. The molecule has 0 atom stereocenters. The lowest BCUT2D eigenvalue weighted by atomic mass is 10.1. The Morgan fingerprint density at radius 1 is 1.38 bits per heavy atom. The molecular formula is C8H15. The molecule has 0 spiro atoms. The highest BCUT2D eigenvalue weighted by atomic mass is 13.9. The highest BCUT2D eigenvalue weighted by Gasteiger charge is 1.84. The van der Waals surface area contributed by atoms with Gasteiger partial charge in [0.15, 0.2) is 0 Å². The predicted molar refractivity (Wildman–Crippen MR) is 37.6 cm³/mol. The van der Waals surface area contributed by atoms with Gasteiger partial charge < -0.3 is 0 Å². The Bertz CT molecular complexity index is 62.4. The van der Waals surface area contributed by atoms with E-state index in [-0.39, 0.29) is 0 Å². The van der Waals surface area contributed by atoms with Crippen LogP contribution in [0.25, 0.3) is 0 Å². The Labute approximate surface area is 52.6 Å². The second-order valence-corrected chi connectivity index (χ2v) is 2.30. The lowest BCUT2D eigenvalue weighted by Gasteiger charge is -1.94. The Morgan fingerprint density at radius 3 is 2.38 bits per heavy atom. The van der Waals surface area contributed by atoms with Gasteiger partial charge in [0, 0.05) is 0 Å². The van der Waals surface area contributed by atoms with Crippen molar-refractivity contribution in [2.24, 2.45) is 0 Å². The van der Waals surface area contributed by atoms with E-state index in [1.54, 1.807) is 0 Å². The summed E-state index contributed by atoms with van der Waals surface area (Å²) in [6.07, 6.45) is 4.97. The number of allylic oxidation sites excluding steroid dienone is 1. The number of rotatable bonds is 4. The molecule has 0 bridgehead atoms. The van der Waals surface area contributed by atoms with Crippen molar-refractivity contribution in [1.29, 1.82) is 0 Å². The topological polar surface area (TPSA) is 0 Å². The largest absolute Gasteiger partial charge is 0.0733 e. The summed E-state index contributed by atoms with van der Waals surface area (Å²) in [7, 11) is 0. The summed E-state index contributed by atoms with van der Waals surface area (Å²) in [5.74, 6) is 0. The van der Waals surface area contributed by atoms with E-state index in [1.165, 1.54) is 19.3 Å². The molecular weight excluding hydrogens is 96.1 g/mol. The van der Waals surface area contributed by atoms with Crippen molar-refractivity contribution in [2.45, 2.75) is 39.5 Å². The van der Waals surface area contributed by atoms with Gasteiger partial charge in [-0.2, -0.15) is 0 Å². The molecule has 0 aliphatic rings. The maximum atomic E-state index is 5.45. The summed E-state index contributed by atoms with van der Waals surface area (Å²) in [5, 5.41) is 0. The van der Waals surface area contributed by atoms with E-state index in [4.69, 9.17) is 6.58 Å². The Balaban J connectivity index is 2.82. The van der Waals surface area contributed by atoms with Crippen LogP contribution in [0.1, 0.15) is 39.5 Å². The van der Waals surface area contributed by atoms with Crippen LogP contribution in [0.2, 0.25) is 0 Å². The maximum Gasteiger partial charge on any atom is -0.0320 e. The molecule has 0 aliphatic carbocycles. The van der Waals surface area contributed by atoms with Crippen molar-refractivity contribution < 1.29 is 0 Å². The molecule has 0 nitrogen and oxygen atoms in total. The molecule has 0 saturated heterocycles. The highest BCUT2D eigenvalue weighted by molar-refractivity contribution is 4.83. The Kier molecular flexibility index (Phi) is 4.73. The molecule has 0 aromatic carbocycles. The SMILES string of the molecule is [CH]=C(C)CCCCC. The van der Waals surface area contributed by atoms with Gasteiger partial charge in [0.2, 0.25) is 0 Å². The van der Waals surface area contributed by atoms with Crippen LogP contribution in [0.3, 0.4) is 0 Å². The lowest BCUT2D eigenvalue weighted by Crippen LogP contribution is -1.74. The smallest absolute Gasteiger partial charge is 0.0320 e. The minimum absolute atomic E-state index is 1.07. The van der Waals surface area contributed by atoms with Crippen LogP contribution in [-0.4, -0.2) is 0 Å². The Morgan fingerprint density at radius 2 is 2.00 bits per heavy atom. The molecule has 8 heavy (non-hydrogen) atoms. The van der Waals surface area contributed by atoms with Crippen molar-refractivity contribution >= 4 is 0 Å². The maximum absolute atomic E-state index is 5.45. The zero-order valence-corrected chi connectivity index (χ0v) is 5.91. The summed E-state index contributed by atoms with van der Waals surface area (Å²) in [6, 6.07) is 0. The van der Waals surface area contributed by atoms with Crippen LogP contribution in [0.4, 0.5) is 0 Å². The van der Waals surface area contributed by atoms with Crippen molar-refractivity contribution in [2.75, 3.05) is 0 Å². The van der Waals surface area contributed by atoms with Crippen LogP contribution >= 0.6 is 0 Å². The monoisotopic (exact) mass is 111 g/mol. The van der Waals surface area contributed by atoms with Crippen LogP contribution in [0.5, 0.6) is 0 Å². The van der Waals surface area contributed by atoms with Gasteiger partial charge >= 0.3 is 0 Å². The van der Waals surface area contributed by atoms with Gasteiger partial charge in [-0.3, -0.25) is 0 Å². The fraction of sp³-hybridized carbons (Fsp3) is 0.750. The number of unbranched alkanes of at least 4 members (excludes halogenated alkanes) is 2. The Hall–Kier alpha value is -0.260. The molecule has 0 unspecified atom stereocenters. The molecule has 0 saturated carbocycles. The molecule has 0 amide bonds. The summed E-state index contributed by atoms with van der Waals surface area (Å²) in [5.41, 5.74) is 1.07. The van der Waals surface area contributed by atoms with E-state index >= 15 is 0 Å². The molecule has 0 aromatic rings. The summed E-state index contributed by atoms with van der Waals surface area (Å²) in [4.78, 5) is 0. The molecule has 0 aromatic heterocycles. The summed E-state index contributed by atoms with van der Waals surface area (Å²) >= 11 is 0. The molecule has 0 heterocycles. The minimum Gasteiger partial charge on any atom is -0.0733 e. The minimum atomic E-state index is 1.07. The lowest BCUT2D eigenvalue weighted by molar-refractivity contribution is 0.713. The third-order valence-electron chi connectivity index (χ3n) is 1.17. The predicted octanol–water partition coefficient (Wildman–Crippen LogP) is 2.95. The van der Waals surface area contributed by atoms with Gasteiger partial charge in [-0.25, -0.2) is 0 Å². The highest BCUT2D eigenvalue weighted by Crippen LogP contribution is 2.04. The zero-order valence-electron chi connectivity index (χ0n) is 5.91. The summed E-state index contributed by atoms with van der Waals surface area (Å²) < 4.78 is 0. The average molecular weight is 111 g/mol. The van der Waals surface area contributed by atoms with Gasteiger partial charge in [0.05, 0.1) is 0 Å². The van der Waals surface area contributed by atoms with E-state index in [2.05, 4.69) is 6.92 Å². The first-order valence-electron chi connectivity index (χ1n) is 3.35. The first-order valence-corrected chi connectivity index (χ1v) is 3.35. The van der Waals surface area contributed by atoms with Gasteiger partial charge in [-0.15, -0.1) is 0 Å². The molecule has 0 rings (SSSR count). The van der Waals surface area contributed by atoms with E-state index in [1.807, 2.05) is 6.92 Å². The fourth-order valence-corrected chi connectivity index (χ4v) is 0.654. The van der Waals surface area contributed by atoms with E-state index in [0.717, 1.165) is 12.0 Å². The molecule has 47 valence electrons. The van der Waals surface area contributed by atoms with Gasteiger partial charge in [0.25, 0.3) is 0 Å². The van der Waals surface area contributed by atoms with E-state index in [0.29, 0.717) is 0 Å². The first kappa shape index (κ1) is 7.74. The average Bonchev–Trinajstić information content (AvgIpc) is 1.66. The number of hydrogen-bond acceptors (Lipinski definition) is 0. The molecule has 0 fully saturated rings. The molecule has 0 aliphatic heterocycles. The fourth-order valence-electron chi connectivity index (χ4n) is 0.654. The van der Waals surface area contributed by atoms with E-state index in [9.17, 15) is 0 Å². The number of hydrogen-bond donors (Lipinski definition) is 0. The molecule has 0 N–H and O–H groups in total. The van der Waals surface area contributed by atoms with Gasteiger partial charge in [-0.1, -0.05) is 31.9 Å². The second-order valence-electron chi connectivity index (χ2n) is 2.30. The van der Waals surface area contributed by atoms with E-state index < -0.39 is 0 Å². The van der Waals surface area contributed by atoms with Crippen molar-refractivity contribution in [3.63, 3.8) is 0 Å². The van der Waals surface area contributed by atoms with Crippen molar-refractivity contribution in [1.82, 2.24) is 0 Å². The standard InChI is InChI=1S/C8H15/c1-4-5-6-7-8(2)3/h2H,4-7H2,1,3H3. The third kappa shape index (κ3) is 5.74. The second kappa shape index (κ2) is 4.89. The molecule has 1 radical (unpaired) electrons. The first-order chi connectivity index (χ1) is 3.77. The van der Waals surface area contributed by atoms with Crippen LogP contribution < -0.4 is 0 Å². The zero-order chi connectivity index (χ0) is 6.41. The van der Waals surface area contributed by atoms with Crippen LogP contribution in [-0.2, 0) is 0 Å². The van der Waals surface area contributed by atoms with Gasteiger partial charge in [-0.05, 0) is 19.8 Å². The van der Waals surface area contributed by atoms with Crippen LogP contribution in [0, 0.1) is 6.58 Å². The van der Waals surface area contributed by atoms with Crippen molar-refractivity contribution in [3.8, 4) is 0 Å². The van der Waals surface area contributed by atoms with Gasteiger partial charge in [0.1, 0.15) is 0 Å². The third-order valence-corrected chi connectivity index (χ3v) is 1.17. The summed E-state index contributed by atoms with van der Waals surface area (Å²) in [6.45, 7) is 9.63. The quantitative estimate of drug-likeness (QED) is 0.489. The van der Waals surface area contributed by atoms with Crippen LogP contribution in [0.15, 0.2) is 5.57 Å². The van der Waals surface area contributed by atoms with Crippen molar-refractivity contribution in [3.05, 3.63) is 12.2 Å².